The number of carbonyl (C=O) groups is 1. The SMILES string of the molecule is CCN(CC)Cc1nc2cc(OC)c(OC)cc2c(-c2ccc(OC)c(OC)c2)c1C(=O)CC(C)C. The van der Waals surface area contributed by atoms with E-state index in [0.717, 1.165) is 40.8 Å². The Morgan fingerprint density at radius 2 is 1.44 bits per heavy atom. The highest BCUT2D eigenvalue weighted by Crippen LogP contribution is 2.42. The minimum absolute atomic E-state index is 0.0705. The van der Waals surface area contributed by atoms with Gasteiger partial charge >= 0.3 is 0 Å². The molecule has 3 aromatic rings. The first-order chi connectivity index (χ1) is 17.3. The number of hydrogen-bond donors (Lipinski definition) is 0. The Kier molecular flexibility index (Phi) is 9.15. The Bertz CT molecular complexity index is 1220. The van der Waals surface area contributed by atoms with Crippen LogP contribution in [0.25, 0.3) is 22.0 Å². The van der Waals surface area contributed by atoms with Crippen LogP contribution in [-0.4, -0.2) is 57.2 Å². The van der Waals surface area contributed by atoms with E-state index in [4.69, 9.17) is 23.9 Å². The third kappa shape index (κ3) is 5.57. The Morgan fingerprint density at radius 3 is 2.00 bits per heavy atom. The van der Waals surface area contributed by atoms with Crippen molar-refractivity contribution in [1.29, 1.82) is 0 Å². The van der Waals surface area contributed by atoms with Gasteiger partial charge in [-0.2, -0.15) is 0 Å². The largest absolute Gasteiger partial charge is 0.493 e. The van der Waals surface area contributed by atoms with Crippen LogP contribution in [0, 0.1) is 5.92 Å². The average Bonchev–Trinajstić information content (AvgIpc) is 2.88. The number of Topliss-reactive ketones (excluding diaryl/α,β-unsaturated/α-hetero) is 1. The fourth-order valence-electron chi connectivity index (χ4n) is 4.48. The lowest BCUT2D eigenvalue weighted by molar-refractivity contribution is 0.0966. The number of hydrogen-bond acceptors (Lipinski definition) is 7. The number of benzene rings is 2. The van der Waals surface area contributed by atoms with Gasteiger partial charge in [0.1, 0.15) is 0 Å². The lowest BCUT2D eigenvalue weighted by Crippen LogP contribution is -2.25. The van der Waals surface area contributed by atoms with Crippen LogP contribution in [0.1, 0.15) is 50.2 Å². The van der Waals surface area contributed by atoms with Gasteiger partial charge in [-0.15, -0.1) is 0 Å². The van der Waals surface area contributed by atoms with Crippen molar-refractivity contribution in [3.63, 3.8) is 0 Å². The molecule has 0 saturated carbocycles. The molecule has 0 atom stereocenters. The predicted molar refractivity (Wildman–Crippen MR) is 144 cm³/mol. The highest BCUT2D eigenvalue weighted by atomic mass is 16.5. The van der Waals surface area contributed by atoms with Gasteiger partial charge in [-0.25, -0.2) is 0 Å². The summed E-state index contributed by atoms with van der Waals surface area (Å²) in [4.78, 5) is 21.2. The Labute approximate surface area is 214 Å². The fraction of sp³-hybridized carbons (Fsp3) is 0.448. The number of ketones is 1. The molecule has 3 rings (SSSR count). The molecule has 0 amide bonds. The average molecular weight is 495 g/mol. The molecule has 194 valence electrons. The Morgan fingerprint density at radius 1 is 0.861 bits per heavy atom. The molecule has 0 spiro atoms. The number of ether oxygens (including phenoxy) is 4. The first-order valence-corrected chi connectivity index (χ1v) is 12.4. The molecule has 0 aliphatic heterocycles. The van der Waals surface area contributed by atoms with Crippen LogP contribution in [0.2, 0.25) is 0 Å². The van der Waals surface area contributed by atoms with Crippen molar-refractivity contribution >= 4 is 16.7 Å². The molecule has 0 aliphatic carbocycles. The van der Waals surface area contributed by atoms with Crippen molar-refractivity contribution in [2.45, 2.75) is 40.7 Å². The molecule has 0 radical (unpaired) electrons. The molecule has 0 fully saturated rings. The van der Waals surface area contributed by atoms with Crippen molar-refractivity contribution in [3.05, 3.63) is 41.6 Å². The van der Waals surface area contributed by atoms with E-state index in [1.54, 1.807) is 28.4 Å². The van der Waals surface area contributed by atoms with Crippen LogP contribution in [-0.2, 0) is 6.54 Å². The van der Waals surface area contributed by atoms with Crippen LogP contribution in [0.5, 0.6) is 23.0 Å². The van der Waals surface area contributed by atoms with Crippen LogP contribution in [0.15, 0.2) is 30.3 Å². The second kappa shape index (κ2) is 12.1. The molecule has 7 heteroatoms. The molecule has 0 bridgehead atoms. The Balaban J connectivity index is 2.48. The zero-order chi connectivity index (χ0) is 26.4. The van der Waals surface area contributed by atoms with Gasteiger partial charge in [-0.1, -0.05) is 33.8 Å². The number of aromatic nitrogens is 1. The van der Waals surface area contributed by atoms with E-state index in [1.807, 2.05) is 30.3 Å². The zero-order valence-corrected chi connectivity index (χ0v) is 22.7. The van der Waals surface area contributed by atoms with E-state index in [2.05, 4.69) is 32.6 Å². The Hall–Kier alpha value is -3.32. The summed E-state index contributed by atoms with van der Waals surface area (Å²) in [5, 5.41) is 0.815. The van der Waals surface area contributed by atoms with Gasteiger partial charge in [0.15, 0.2) is 28.8 Å². The maximum atomic E-state index is 13.9. The minimum Gasteiger partial charge on any atom is -0.493 e. The number of rotatable bonds is 12. The van der Waals surface area contributed by atoms with Crippen molar-refractivity contribution in [3.8, 4) is 34.1 Å². The molecule has 7 nitrogen and oxygen atoms in total. The van der Waals surface area contributed by atoms with Gasteiger partial charge < -0.3 is 18.9 Å². The summed E-state index contributed by atoms with van der Waals surface area (Å²) >= 11 is 0. The zero-order valence-electron chi connectivity index (χ0n) is 22.7. The lowest BCUT2D eigenvalue weighted by Gasteiger charge is -2.23. The highest BCUT2D eigenvalue weighted by Gasteiger charge is 2.25. The maximum Gasteiger partial charge on any atom is 0.165 e. The molecule has 0 N–H and O–H groups in total. The topological polar surface area (TPSA) is 70.1 Å². The van der Waals surface area contributed by atoms with Crippen LogP contribution >= 0.6 is 0 Å². The first-order valence-electron chi connectivity index (χ1n) is 12.4. The molecule has 0 saturated heterocycles. The maximum absolute atomic E-state index is 13.9. The number of pyridine rings is 1. The van der Waals surface area contributed by atoms with Crippen molar-refractivity contribution in [2.75, 3.05) is 41.5 Å². The molecule has 0 aliphatic rings. The van der Waals surface area contributed by atoms with Gasteiger partial charge in [0.25, 0.3) is 0 Å². The standard InChI is InChI=1S/C29H38N2O5/c1-9-31(10-2)17-22-29(23(32)13-18(3)4)28(19-11-12-24(33-5)25(14-19)34-6)20-15-26(35-7)27(36-8)16-21(20)30-22/h11-12,14-16,18H,9-10,13,17H2,1-8H3. The van der Waals surface area contributed by atoms with E-state index in [1.165, 1.54) is 0 Å². The molecule has 36 heavy (non-hydrogen) atoms. The van der Waals surface area contributed by atoms with Crippen LogP contribution in [0.4, 0.5) is 0 Å². The van der Waals surface area contributed by atoms with Gasteiger partial charge in [0.2, 0.25) is 0 Å². The first kappa shape index (κ1) is 27.3. The smallest absolute Gasteiger partial charge is 0.165 e. The molecule has 1 aromatic heterocycles. The normalized spacial score (nSPS) is 11.3. The molecular formula is C29H38N2O5. The van der Waals surface area contributed by atoms with E-state index >= 15 is 0 Å². The van der Waals surface area contributed by atoms with Gasteiger partial charge in [0.05, 0.1) is 39.6 Å². The molecule has 0 unspecified atom stereocenters. The molecule has 1 heterocycles. The summed E-state index contributed by atoms with van der Waals surface area (Å²) in [6.45, 7) is 10.6. The number of methoxy groups -OCH3 is 4. The predicted octanol–water partition coefficient (Wildman–Crippen LogP) is 6.01. The summed E-state index contributed by atoms with van der Waals surface area (Å²) in [5.41, 5.74) is 3.80. The highest BCUT2D eigenvalue weighted by molar-refractivity contribution is 6.11. The number of carbonyl (C=O) groups excluding carboxylic acids is 1. The van der Waals surface area contributed by atoms with E-state index in [9.17, 15) is 4.79 Å². The van der Waals surface area contributed by atoms with E-state index in [-0.39, 0.29) is 11.7 Å². The third-order valence-electron chi connectivity index (χ3n) is 6.38. The number of nitrogens with zero attached hydrogens (tertiary/aromatic N) is 2. The quantitative estimate of drug-likeness (QED) is 0.286. The summed E-state index contributed by atoms with van der Waals surface area (Å²) in [5.74, 6) is 2.66. The summed E-state index contributed by atoms with van der Waals surface area (Å²) in [6.07, 6.45) is 0.423. The van der Waals surface area contributed by atoms with E-state index in [0.29, 0.717) is 41.5 Å². The molecular weight excluding hydrogens is 456 g/mol. The van der Waals surface area contributed by atoms with Gasteiger partial charge in [0, 0.05) is 35.5 Å². The summed E-state index contributed by atoms with van der Waals surface area (Å²) in [7, 11) is 6.43. The third-order valence-corrected chi connectivity index (χ3v) is 6.38. The van der Waals surface area contributed by atoms with Crippen LogP contribution in [0.3, 0.4) is 0 Å². The van der Waals surface area contributed by atoms with E-state index < -0.39 is 0 Å². The monoisotopic (exact) mass is 494 g/mol. The summed E-state index contributed by atoms with van der Waals surface area (Å²) < 4.78 is 22.3. The van der Waals surface area contributed by atoms with Gasteiger partial charge in [-0.3, -0.25) is 14.7 Å². The van der Waals surface area contributed by atoms with Crippen LogP contribution < -0.4 is 18.9 Å². The number of fused-ring (bicyclic) bond motifs is 1. The fourth-order valence-corrected chi connectivity index (χ4v) is 4.48. The second-order valence-corrected chi connectivity index (χ2v) is 9.09. The summed E-state index contributed by atoms with van der Waals surface area (Å²) in [6, 6.07) is 9.52. The molecule has 2 aromatic carbocycles. The lowest BCUT2D eigenvalue weighted by atomic mass is 9.88. The van der Waals surface area contributed by atoms with Crippen molar-refractivity contribution in [1.82, 2.24) is 9.88 Å². The second-order valence-electron chi connectivity index (χ2n) is 9.09. The van der Waals surface area contributed by atoms with Crippen molar-refractivity contribution < 1.29 is 23.7 Å². The van der Waals surface area contributed by atoms with Crippen molar-refractivity contribution in [2.24, 2.45) is 5.92 Å². The van der Waals surface area contributed by atoms with Gasteiger partial charge in [-0.05, 0) is 42.8 Å². The minimum atomic E-state index is 0.0705.